The number of carbonyl (C=O) groups excluding carboxylic acids is 2. The summed E-state index contributed by atoms with van der Waals surface area (Å²) in [6, 6.07) is 19.8. The van der Waals surface area contributed by atoms with E-state index in [2.05, 4.69) is 20.6 Å². The van der Waals surface area contributed by atoms with Crippen LogP contribution in [0, 0.1) is 6.92 Å². The summed E-state index contributed by atoms with van der Waals surface area (Å²) < 4.78 is 2.00. The molecule has 166 valence electrons. The molecule has 0 saturated heterocycles. The fourth-order valence-electron chi connectivity index (χ4n) is 4.29. The van der Waals surface area contributed by atoms with Gasteiger partial charge in [0.1, 0.15) is 5.69 Å². The van der Waals surface area contributed by atoms with Gasteiger partial charge in [-0.2, -0.15) is 0 Å². The van der Waals surface area contributed by atoms with E-state index < -0.39 is 0 Å². The smallest absolute Gasteiger partial charge is 0.270 e. The van der Waals surface area contributed by atoms with E-state index in [1.807, 2.05) is 72.3 Å². The standard InChI is InChI=1S/C26H25N5O2/c1-17-6-4-11-23(28-17)26(33)29-20-13-21(14-20)31-15-24(27-16-31)30-25(32)12-19-9-5-8-18-7-2-3-10-22(18)19/h2-11,15-16,20-21H,12-14H2,1H3,(H,29,33)(H,30,32). The number of aryl methyl sites for hydroxylation is 1. The van der Waals surface area contributed by atoms with Crippen molar-refractivity contribution in [3.63, 3.8) is 0 Å². The van der Waals surface area contributed by atoms with E-state index in [0.29, 0.717) is 17.9 Å². The molecule has 7 heteroatoms. The summed E-state index contributed by atoms with van der Waals surface area (Å²) in [7, 11) is 0. The van der Waals surface area contributed by atoms with Crippen LogP contribution in [-0.2, 0) is 11.2 Å². The Labute approximate surface area is 191 Å². The van der Waals surface area contributed by atoms with Crippen molar-refractivity contribution in [1.29, 1.82) is 0 Å². The van der Waals surface area contributed by atoms with Gasteiger partial charge in [0.15, 0.2) is 5.82 Å². The van der Waals surface area contributed by atoms with Gasteiger partial charge in [-0.15, -0.1) is 0 Å². The van der Waals surface area contributed by atoms with Crippen molar-refractivity contribution in [2.45, 2.75) is 38.3 Å². The Bertz CT molecular complexity index is 1320. The van der Waals surface area contributed by atoms with Crippen LogP contribution in [-0.4, -0.2) is 32.4 Å². The highest BCUT2D eigenvalue weighted by atomic mass is 16.2. The van der Waals surface area contributed by atoms with Crippen molar-refractivity contribution < 1.29 is 9.59 Å². The Hall–Kier alpha value is -4.00. The number of imidazole rings is 1. The van der Waals surface area contributed by atoms with Gasteiger partial charge in [0, 0.05) is 24.0 Å². The van der Waals surface area contributed by atoms with Crippen molar-refractivity contribution in [1.82, 2.24) is 19.9 Å². The lowest BCUT2D eigenvalue weighted by Crippen LogP contribution is -2.45. The van der Waals surface area contributed by atoms with Gasteiger partial charge in [-0.1, -0.05) is 48.5 Å². The normalized spacial score (nSPS) is 17.4. The molecule has 0 radical (unpaired) electrons. The van der Waals surface area contributed by atoms with Crippen molar-refractivity contribution in [3.8, 4) is 0 Å². The van der Waals surface area contributed by atoms with Crippen molar-refractivity contribution >= 4 is 28.4 Å². The Morgan fingerprint density at radius 3 is 2.67 bits per heavy atom. The second-order valence-corrected chi connectivity index (χ2v) is 8.53. The van der Waals surface area contributed by atoms with Gasteiger partial charge in [0.25, 0.3) is 5.91 Å². The molecule has 7 nitrogen and oxygen atoms in total. The van der Waals surface area contributed by atoms with Crippen LogP contribution >= 0.6 is 0 Å². The average Bonchev–Trinajstić information content (AvgIpc) is 3.23. The topological polar surface area (TPSA) is 88.9 Å². The van der Waals surface area contributed by atoms with Crippen LogP contribution in [0.5, 0.6) is 0 Å². The lowest BCUT2D eigenvalue weighted by atomic mass is 9.86. The van der Waals surface area contributed by atoms with Crippen LogP contribution < -0.4 is 10.6 Å². The Kier molecular flexibility index (Phi) is 5.60. The van der Waals surface area contributed by atoms with Gasteiger partial charge in [0.05, 0.1) is 12.7 Å². The summed E-state index contributed by atoms with van der Waals surface area (Å²) in [5.74, 6) is 0.298. The summed E-state index contributed by atoms with van der Waals surface area (Å²) in [6.07, 6.45) is 5.51. The van der Waals surface area contributed by atoms with E-state index >= 15 is 0 Å². The number of rotatable bonds is 6. The highest BCUT2D eigenvalue weighted by Gasteiger charge is 2.32. The summed E-state index contributed by atoms with van der Waals surface area (Å²) in [4.78, 5) is 33.6. The lowest BCUT2D eigenvalue weighted by molar-refractivity contribution is -0.115. The number of nitrogens with zero attached hydrogens (tertiary/aromatic N) is 3. The second kappa shape index (κ2) is 8.86. The first-order valence-corrected chi connectivity index (χ1v) is 11.1. The minimum atomic E-state index is -0.144. The largest absolute Gasteiger partial charge is 0.348 e. The molecule has 0 unspecified atom stereocenters. The monoisotopic (exact) mass is 439 g/mol. The van der Waals surface area contributed by atoms with Crippen LogP contribution in [0.15, 0.2) is 73.2 Å². The van der Waals surface area contributed by atoms with Gasteiger partial charge in [-0.05, 0) is 48.2 Å². The third kappa shape index (κ3) is 4.62. The van der Waals surface area contributed by atoms with Crippen LogP contribution in [0.3, 0.4) is 0 Å². The molecule has 1 fully saturated rings. The van der Waals surface area contributed by atoms with E-state index in [1.165, 1.54) is 0 Å². The number of nitrogens with one attached hydrogen (secondary N) is 2. The average molecular weight is 440 g/mol. The van der Waals surface area contributed by atoms with Gasteiger partial charge in [-0.3, -0.25) is 9.59 Å². The molecule has 0 atom stereocenters. The number of pyridine rings is 1. The first-order valence-electron chi connectivity index (χ1n) is 11.1. The molecule has 5 rings (SSSR count). The Morgan fingerprint density at radius 2 is 1.82 bits per heavy atom. The number of hydrogen-bond donors (Lipinski definition) is 2. The van der Waals surface area contributed by atoms with Crippen LogP contribution in [0.2, 0.25) is 0 Å². The van der Waals surface area contributed by atoms with E-state index in [9.17, 15) is 9.59 Å². The molecule has 1 aliphatic carbocycles. The third-order valence-electron chi connectivity index (χ3n) is 6.09. The molecule has 1 saturated carbocycles. The minimum Gasteiger partial charge on any atom is -0.348 e. The molecule has 2 amide bonds. The highest BCUT2D eigenvalue weighted by Crippen LogP contribution is 2.33. The number of amides is 2. The van der Waals surface area contributed by atoms with Crippen LogP contribution in [0.4, 0.5) is 5.82 Å². The van der Waals surface area contributed by atoms with E-state index in [4.69, 9.17) is 0 Å². The quantitative estimate of drug-likeness (QED) is 0.474. The molecule has 2 heterocycles. The van der Waals surface area contributed by atoms with Crippen molar-refractivity contribution in [3.05, 3.63) is 90.1 Å². The van der Waals surface area contributed by atoms with Gasteiger partial charge in [0.2, 0.25) is 5.91 Å². The summed E-state index contributed by atoms with van der Waals surface area (Å²) in [5.41, 5.74) is 2.26. The number of anilines is 1. The molecule has 2 N–H and O–H groups in total. The maximum atomic E-state index is 12.6. The molecule has 33 heavy (non-hydrogen) atoms. The first-order chi connectivity index (χ1) is 16.0. The zero-order chi connectivity index (χ0) is 22.8. The number of carbonyl (C=O) groups is 2. The number of fused-ring (bicyclic) bond motifs is 1. The molecular weight excluding hydrogens is 414 g/mol. The summed E-state index contributed by atoms with van der Waals surface area (Å²) >= 11 is 0. The van der Waals surface area contributed by atoms with Gasteiger partial charge in [-0.25, -0.2) is 9.97 Å². The Morgan fingerprint density at radius 1 is 1.03 bits per heavy atom. The first kappa shape index (κ1) is 20.9. The highest BCUT2D eigenvalue weighted by molar-refractivity contribution is 5.95. The maximum Gasteiger partial charge on any atom is 0.270 e. The van der Waals surface area contributed by atoms with E-state index in [-0.39, 0.29) is 23.9 Å². The van der Waals surface area contributed by atoms with Crippen LogP contribution in [0.1, 0.15) is 40.6 Å². The third-order valence-corrected chi connectivity index (χ3v) is 6.09. The van der Waals surface area contributed by atoms with Crippen molar-refractivity contribution in [2.24, 2.45) is 0 Å². The number of benzene rings is 2. The molecular formula is C26H25N5O2. The predicted molar refractivity (Wildman–Crippen MR) is 127 cm³/mol. The molecule has 2 aromatic heterocycles. The maximum absolute atomic E-state index is 12.6. The molecule has 0 bridgehead atoms. The zero-order valence-corrected chi connectivity index (χ0v) is 18.4. The molecule has 2 aromatic carbocycles. The van der Waals surface area contributed by atoms with E-state index in [0.717, 1.165) is 34.9 Å². The van der Waals surface area contributed by atoms with Gasteiger partial charge < -0.3 is 15.2 Å². The fourth-order valence-corrected chi connectivity index (χ4v) is 4.29. The lowest BCUT2D eigenvalue weighted by Gasteiger charge is -2.36. The fraction of sp³-hybridized carbons (Fsp3) is 0.231. The number of aromatic nitrogens is 3. The molecule has 4 aromatic rings. The second-order valence-electron chi connectivity index (χ2n) is 8.53. The number of hydrogen-bond acceptors (Lipinski definition) is 4. The predicted octanol–water partition coefficient (Wildman–Crippen LogP) is 4.05. The van der Waals surface area contributed by atoms with Gasteiger partial charge >= 0.3 is 0 Å². The summed E-state index contributed by atoms with van der Waals surface area (Å²) in [5, 5.41) is 8.14. The van der Waals surface area contributed by atoms with Crippen LogP contribution in [0.25, 0.3) is 10.8 Å². The molecule has 1 aliphatic rings. The summed E-state index contributed by atoms with van der Waals surface area (Å²) in [6.45, 7) is 1.87. The Balaban J connectivity index is 1.14. The molecule has 0 spiro atoms. The van der Waals surface area contributed by atoms with Crippen molar-refractivity contribution in [2.75, 3.05) is 5.32 Å². The zero-order valence-electron chi connectivity index (χ0n) is 18.4. The minimum absolute atomic E-state index is 0.0963. The van der Waals surface area contributed by atoms with E-state index in [1.54, 1.807) is 12.4 Å². The molecule has 0 aliphatic heterocycles. The SMILES string of the molecule is Cc1cccc(C(=O)NC2CC(n3cnc(NC(=O)Cc4cccc5ccccc45)c3)C2)n1.